The van der Waals surface area contributed by atoms with E-state index in [0.717, 1.165) is 35.0 Å². The fourth-order valence-electron chi connectivity index (χ4n) is 4.92. The van der Waals surface area contributed by atoms with Crippen molar-refractivity contribution in [1.82, 2.24) is 5.32 Å². The van der Waals surface area contributed by atoms with Crippen LogP contribution in [0.2, 0.25) is 0 Å². The quantitative estimate of drug-likeness (QED) is 0.216. The second kappa shape index (κ2) is 13.4. The number of hydrogen-bond acceptors (Lipinski definition) is 7. The molecular weight excluding hydrogens is 615 g/mol. The van der Waals surface area contributed by atoms with Crippen LogP contribution in [0.25, 0.3) is 6.08 Å². The third-order valence-electron chi connectivity index (χ3n) is 7.29. The van der Waals surface area contributed by atoms with Crippen LogP contribution < -0.4 is 14.8 Å². The second-order valence-corrected chi connectivity index (χ2v) is 13.2. The summed E-state index contributed by atoms with van der Waals surface area (Å²) < 4.78 is 67.4. The molecule has 13 heteroatoms. The van der Waals surface area contributed by atoms with E-state index in [2.05, 4.69) is 22.4 Å². The molecular formula is C31H30F3N3O5S2. The summed E-state index contributed by atoms with van der Waals surface area (Å²) in [6.45, 7) is 0.0937. The zero-order valence-electron chi connectivity index (χ0n) is 23.4. The Morgan fingerprint density at radius 3 is 2.30 bits per heavy atom. The van der Waals surface area contributed by atoms with Crippen LogP contribution in [0.5, 0.6) is 5.75 Å². The number of ether oxygens (including phenoxy) is 1. The van der Waals surface area contributed by atoms with Crippen molar-refractivity contribution < 1.29 is 36.2 Å². The standard InChI is InChI=1S/C31H30F3N3O5S2/c32-31(33,34)44(40,41)37-25-14-12-24(13-15-25)35-30-36-29(39)28(43-30)18-20-6-16-26(17-7-20)42-19-27(38)23-10-8-22(9-11-23)21-4-2-1-3-5-21/h6-18,21,27,37-38H,1-5,19H2,(H,35,36,39). The van der Waals surface area contributed by atoms with E-state index in [-0.39, 0.29) is 23.4 Å². The van der Waals surface area contributed by atoms with E-state index in [0.29, 0.717) is 22.3 Å². The summed E-state index contributed by atoms with van der Waals surface area (Å²) in [5, 5.41) is 13.5. The lowest BCUT2D eigenvalue weighted by molar-refractivity contribution is -0.115. The molecule has 1 aliphatic carbocycles. The van der Waals surface area contributed by atoms with Gasteiger partial charge < -0.3 is 15.2 Å². The lowest BCUT2D eigenvalue weighted by Gasteiger charge is -2.22. The molecule has 8 nitrogen and oxygen atoms in total. The molecule has 1 heterocycles. The summed E-state index contributed by atoms with van der Waals surface area (Å²) in [5.41, 5.74) is -2.55. The number of rotatable bonds is 9. The number of anilines is 1. The average Bonchev–Trinajstić information content (AvgIpc) is 3.35. The predicted molar refractivity (Wildman–Crippen MR) is 165 cm³/mol. The normalized spacial score (nSPS) is 18.8. The van der Waals surface area contributed by atoms with Gasteiger partial charge in [0.1, 0.15) is 18.5 Å². The first kappa shape index (κ1) is 31.6. The molecule has 0 bridgehead atoms. The van der Waals surface area contributed by atoms with Crippen molar-refractivity contribution >= 4 is 50.3 Å². The molecule has 1 saturated heterocycles. The molecule has 0 aromatic heterocycles. The lowest BCUT2D eigenvalue weighted by Crippen LogP contribution is -2.29. The van der Waals surface area contributed by atoms with E-state index in [4.69, 9.17) is 4.74 Å². The van der Waals surface area contributed by atoms with Gasteiger partial charge in [-0.1, -0.05) is 55.7 Å². The van der Waals surface area contributed by atoms with E-state index in [9.17, 15) is 31.5 Å². The van der Waals surface area contributed by atoms with Crippen molar-refractivity contribution in [3.63, 3.8) is 0 Å². The van der Waals surface area contributed by atoms with Crippen molar-refractivity contribution in [1.29, 1.82) is 0 Å². The molecule has 0 spiro atoms. The largest absolute Gasteiger partial charge is 0.516 e. The molecule has 2 aliphatic rings. The minimum atomic E-state index is -5.53. The van der Waals surface area contributed by atoms with Gasteiger partial charge in [-0.2, -0.15) is 21.6 Å². The van der Waals surface area contributed by atoms with Crippen LogP contribution in [0.15, 0.2) is 82.7 Å². The Kier molecular flexibility index (Phi) is 9.66. The SMILES string of the molecule is O=C1NC(=Nc2ccc(NS(=O)(=O)C(F)(F)F)cc2)SC1=Cc1ccc(OCC(O)c2ccc(C3CCCCC3)cc2)cc1. The number of benzene rings is 3. The fourth-order valence-corrected chi connectivity index (χ4v) is 6.33. The van der Waals surface area contributed by atoms with Gasteiger partial charge in [-0.05, 0) is 89.7 Å². The van der Waals surface area contributed by atoms with Crippen molar-refractivity contribution in [2.75, 3.05) is 11.3 Å². The molecule has 3 aromatic rings. The number of amides is 1. The Morgan fingerprint density at radius 1 is 1.00 bits per heavy atom. The maximum atomic E-state index is 12.6. The molecule has 0 radical (unpaired) electrons. The molecule has 1 unspecified atom stereocenters. The number of nitrogens with zero attached hydrogens (tertiary/aromatic N) is 1. The highest BCUT2D eigenvalue weighted by molar-refractivity contribution is 8.18. The van der Waals surface area contributed by atoms with Crippen LogP contribution in [0.3, 0.4) is 0 Å². The third kappa shape index (κ3) is 8.01. The number of halogens is 3. The van der Waals surface area contributed by atoms with E-state index < -0.39 is 21.6 Å². The van der Waals surface area contributed by atoms with Gasteiger partial charge in [-0.3, -0.25) is 9.52 Å². The average molecular weight is 646 g/mol. The first-order chi connectivity index (χ1) is 21.0. The number of amidine groups is 1. The number of hydrogen-bond donors (Lipinski definition) is 3. The van der Waals surface area contributed by atoms with Gasteiger partial charge in [0.05, 0.1) is 10.6 Å². The van der Waals surface area contributed by atoms with E-state index >= 15 is 0 Å². The zero-order valence-corrected chi connectivity index (χ0v) is 25.0. The van der Waals surface area contributed by atoms with Gasteiger partial charge in [0.2, 0.25) is 0 Å². The molecule has 1 atom stereocenters. The van der Waals surface area contributed by atoms with E-state index in [1.165, 1.54) is 54.5 Å². The van der Waals surface area contributed by atoms with Crippen molar-refractivity contribution in [2.24, 2.45) is 4.99 Å². The monoisotopic (exact) mass is 645 g/mol. The number of carbonyl (C=O) groups is 1. The second-order valence-electron chi connectivity index (χ2n) is 10.5. The Morgan fingerprint density at radius 2 is 1.66 bits per heavy atom. The van der Waals surface area contributed by atoms with Gasteiger partial charge in [-0.25, -0.2) is 4.99 Å². The van der Waals surface area contributed by atoms with E-state index in [1.807, 2.05) is 12.1 Å². The molecule has 3 N–H and O–H groups in total. The van der Waals surface area contributed by atoms with Crippen LogP contribution in [0, 0.1) is 0 Å². The molecule has 2 fully saturated rings. The van der Waals surface area contributed by atoms with Crippen LogP contribution >= 0.6 is 11.8 Å². The minimum Gasteiger partial charge on any atom is -0.491 e. The highest BCUT2D eigenvalue weighted by atomic mass is 32.2. The first-order valence-corrected chi connectivity index (χ1v) is 16.3. The van der Waals surface area contributed by atoms with Gasteiger partial charge in [-0.15, -0.1) is 0 Å². The smallest absolute Gasteiger partial charge is 0.491 e. The highest BCUT2D eigenvalue weighted by Gasteiger charge is 2.46. The van der Waals surface area contributed by atoms with Crippen LogP contribution in [0.1, 0.15) is 60.8 Å². The first-order valence-electron chi connectivity index (χ1n) is 14.0. The van der Waals surface area contributed by atoms with Gasteiger partial charge >= 0.3 is 15.5 Å². The summed E-state index contributed by atoms with van der Waals surface area (Å²) in [4.78, 5) is 17.1. The Balaban J connectivity index is 1.14. The van der Waals surface area contributed by atoms with Crippen LogP contribution in [-0.4, -0.2) is 36.7 Å². The molecule has 232 valence electrons. The Labute approximate surface area is 257 Å². The fraction of sp³-hybridized carbons (Fsp3) is 0.290. The molecule has 5 rings (SSSR count). The maximum Gasteiger partial charge on any atom is 0.516 e. The molecule has 1 aliphatic heterocycles. The number of sulfonamides is 1. The summed E-state index contributed by atoms with van der Waals surface area (Å²) in [7, 11) is -5.53. The number of carbonyl (C=O) groups excluding carboxylic acids is 1. The molecule has 1 amide bonds. The minimum absolute atomic E-state index is 0.0937. The number of aliphatic imine (C=N–C) groups is 1. The number of aliphatic hydroxyl groups is 1. The van der Waals surface area contributed by atoms with Crippen molar-refractivity contribution in [3.8, 4) is 5.75 Å². The van der Waals surface area contributed by atoms with Crippen molar-refractivity contribution in [3.05, 3.63) is 94.4 Å². The number of alkyl halides is 3. The number of thioether (sulfide) groups is 1. The summed E-state index contributed by atoms with van der Waals surface area (Å²) in [6.07, 6.45) is 7.19. The Bertz CT molecular complexity index is 1630. The van der Waals surface area contributed by atoms with Gasteiger partial charge in [0.15, 0.2) is 5.17 Å². The van der Waals surface area contributed by atoms with Gasteiger partial charge in [0.25, 0.3) is 5.91 Å². The number of nitrogens with one attached hydrogen (secondary N) is 2. The summed E-state index contributed by atoms with van der Waals surface area (Å²) in [5.74, 6) is 0.799. The molecule has 1 saturated carbocycles. The molecule has 44 heavy (non-hydrogen) atoms. The Hall–Kier alpha value is -3.81. The summed E-state index contributed by atoms with van der Waals surface area (Å²) >= 11 is 1.08. The van der Waals surface area contributed by atoms with E-state index in [1.54, 1.807) is 30.3 Å². The zero-order chi connectivity index (χ0) is 31.3. The number of aliphatic hydroxyl groups excluding tert-OH is 1. The van der Waals surface area contributed by atoms with Crippen LogP contribution in [0.4, 0.5) is 24.5 Å². The molecule has 3 aromatic carbocycles. The van der Waals surface area contributed by atoms with Crippen LogP contribution in [-0.2, 0) is 14.8 Å². The summed E-state index contributed by atoms with van der Waals surface area (Å²) in [6, 6.07) is 20.1. The topological polar surface area (TPSA) is 117 Å². The lowest BCUT2D eigenvalue weighted by atomic mass is 9.84. The maximum absolute atomic E-state index is 12.6. The predicted octanol–water partition coefficient (Wildman–Crippen LogP) is 7.00. The van der Waals surface area contributed by atoms with Crippen molar-refractivity contribution in [2.45, 2.75) is 49.6 Å². The highest BCUT2D eigenvalue weighted by Crippen LogP contribution is 2.33. The van der Waals surface area contributed by atoms with Gasteiger partial charge in [0, 0.05) is 5.69 Å². The third-order valence-corrected chi connectivity index (χ3v) is 9.31.